The molecule has 1 unspecified atom stereocenters. The molecule has 1 saturated carbocycles. The van der Waals surface area contributed by atoms with Crippen molar-refractivity contribution >= 4 is 27.3 Å². The maximum Gasteiger partial charge on any atom is 0.0499 e. The van der Waals surface area contributed by atoms with Gasteiger partial charge in [-0.25, -0.2) is 0 Å². The first-order chi connectivity index (χ1) is 7.17. The molecule has 4 heteroatoms. The topological polar surface area (TPSA) is 32.3 Å². The van der Waals surface area contributed by atoms with E-state index in [4.69, 9.17) is 0 Å². The van der Waals surface area contributed by atoms with Gasteiger partial charge in [0.25, 0.3) is 0 Å². The molecule has 2 rings (SSSR count). The predicted octanol–water partition coefficient (Wildman–Crippen LogP) is 2.93. The van der Waals surface area contributed by atoms with Gasteiger partial charge in [0.05, 0.1) is 0 Å². The number of aliphatic hydroxyl groups excluding tert-OH is 1. The Hall–Kier alpha value is 0.100. The number of rotatable bonds is 5. The molecule has 84 valence electrons. The second kappa shape index (κ2) is 4.53. The van der Waals surface area contributed by atoms with Crippen LogP contribution in [0.25, 0.3) is 0 Å². The van der Waals surface area contributed by atoms with Crippen LogP contribution < -0.4 is 5.32 Å². The van der Waals surface area contributed by atoms with Gasteiger partial charge in [-0.2, -0.15) is 0 Å². The third kappa shape index (κ3) is 2.61. The van der Waals surface area contributed by atoms with Crippen LogP contribution in [0.3, 0.4) is 0 Å². The van der Waals surface area contributed by atoms with Gasteiger partial charge in [-0.1, -0.05) is 0 Å². The van der Waals surface area contributed by atoms with Crippen LogP contribution >= 0.6 is 27.3 Å². The highest BCUT2D eigenvalue weighted by atomic mass is 79.9. The van der Waals surface area contributed by atoms with Crippen LogP contribution in [0.4, 0.5) is 0 Å². The highest BCUT2D eigenvalue weighted by molar-refractivity contribution is 9.10. The molecule has 1 aromatic rings. The Morgan fingerprint density at radius 1 is 1.67 bits per heavy atom. The molecule has 0 aliphatic heterocycles. The van der Waals surface area contributed by atoms with E-state index in [-0.39, 0.29) is 5.41 Å². The minimum Gasteiger partial charge on any atom is -0.396 e. The molecule has 0 amide bonds. The van der Waals surface area contributed by atoms with Gasteiger partial charge in [-0.05, 0) is 47.1 Å². The van der Waals surface area contributed by atoms with Crippen molar-refractivity contribution in [3.05, 3.63) is 20.8 Å². The van der Waals surface area contributed by atoms with Crippen molar-refractivity contribution in [2.24, 2.45) is 5.41 Å². The minimum absolute atomic E-state index is 0.192. The van der Waals surface area contributed by atoms with Crippen molar-refractivity contribution in [1.82, 2.24) is 5.32 Å². The number of nitrogens with one attached hydrogen (secondary N) is 1. The maximum absolute atomic E-state index is 9.21. The molecular formula is C11H16BrNOS. The molecule has 0 aromatic carbocycles. The molecule has 0 bridgehead atoms. The van der Waals surface area contributed by atoms with E-state index in [1.165, 1.54) is 9.35 Å². The summed E-state index contributed by atoms with van der Waals surface area (Å²) in [5, 5.41) is 14.8. The van der Waals surface area contributed by atoms with E-state index in [2.05, 4.69) is 39.6 Å². The second-order valence-corrected chi connectivity index (χ2v) is 6.20. The third-order valence-corrected chi connectivity index (χ3v) is 5.17. The lowest BCUT2D eigenvalue weighted by Crippen LogP contribution is -2.28. The van der Waals surface area contributed by atoms with E-state index in [9.17, 15) is 5.11 Å². The average Bonchev–Trinajstić information content (AvgIpc) is 2.91. The number of halogens is 1. The fourth-order valence-corrected chi connectivity index (χ4v) is 3.39. The fourth-order valence-electron chi connectivity index (χ4n) is 1.64. The molecule has 0 saturated heterocycles. The smallest absolute Gasteiger partial charge is 0.0499 e. The first-order valence-corrected chi connectivity index (χ1v) is 6.91. The lowest BCUT2D eigenvalue weighted by atomic mass is 10.1. The van der Waals surface area contributed by atoms with E-state index in [1.807, 2.05) is 0 Å². The van der Waals surface area contributed by atoms with Gasteiger partial charge in [0, 0.05) is 34.0 Å². The fraction of sp³-hybridized carbons (Fsp3) is 0.636. The number of thiophene rings is 1. The van der Waals surface area contributed by atoms with E-state index in [1.54, 1.807) is 11.3 Å². The van der Waals surface area contributed by atoms with Crippen molar-refractivity contribution in [3.8, 4) is 0 Å². The molecule has 1 aliphatic carbocycles. The third-order valence-electron chi connectivity index (χ3n) is 3.11. The molecule has 1 aliphatic rings. The van der Waals surface area contributed by atoms with Crippen molar-refractivity contribution in [3.63, 3.8) is 0 Å². The molecule has 1 fully saturated rings. The molecule has 0 spiro atoms. The lowest BCUT2D eigenvalue weighted by Gasteiger charge is -2.17. The Balaban J connectivity index is 1.88. The summed E-state index contributed by atoms with van der Waals surface area (Å²) in [4.78, 5) is 1.34. The van der Waals surface area contributed by atoms with E-state index < -0.39 is 0 Å². The Kier molecular flexibility index (Phi) is 3.50. The monoisotopic (exact) mass is 289 g/mol. The number of hydrogen-bond donors (Lipinski definition) is 2. The summed E-state index contributed by atoms with van der Waals surface area (Å²) in [6.45, 7) is 3.41. The highest BCUT2D eigenvalue weighted by Crippen LogP contribution is 2.44. The Morgan fingerprint density at radius 2 is 2.40 bits per heavy atom. The molecular weight excluding hydrogens is 274 g/mol. The summed E-state index contributed by atoms with van der Waals surface area (Å²) in [5.41, 5.74) is 0.192. The molecule has 2 nitrogen and oxygen atoms in total. The van der Waals surface area contributed by atoms with Crippen molar-refractivity contribution in [2.75, 3.05) is 13.2 Å². The van der Waals surface area contributed by atoms with Crippen LogP contribution in [0.1, 0.15) is 30.7 Å². The molecule has 15 heavy (non-hydrogen) atoms. The SMILES string of the molecule is CC(NCC1(CO)CC1)c1sccc1Br. The van der Waals surface area contributed by atoms with Crippen molar-refractivity contribution < 1.29 is 5.11 Å². The van der Waals surface area contributed by atoms with Crippen molar-refractivity contribution in [1.29, 1.82) is 0 Å². The normalized spacial score (nSPS) is 20.2. The van der Waals surface area contributed by atoms with Gasteiger partial charge in [-0.3, -0.25) is 0 Å². The minimum atomic E-state index is 0.192. The molecule has 1 aromatic heterocycles. The summed E-state index contributed by atoms with van der Waals surface area (Å²) < 4.78 is 1.18. The van der Waals surface area contributed by atoms with Crippen LogP contribution in [0.5, 0.6) is 0 Å². The maximum atomic E-state index is 9.21. The summed E-state index contributed by atoms with van der Waals surface area (Å²) >= 11 is 5.31. The van der Waals surface area contributed by atoms with E-state index in [0.717, 1.165) is 19.4 Å². The Labute approximate surface area is 103 Å². The summed E-state index contributed by atoms with van der Waals surface area (Å²) in [6, 6.07) is 2.44. The first-order valence-electron chi connectivity index (χ1n) is 5.24. The number of hydrogen-bond acceptors (Lipinski definition) is 3. The quantitative estimate of drug-likeness (QED) is 0.874. The predicted molar refractivity (Wildman–Crippen MR) is 67.2 cm³/mol. The van der Waals surface area contributed by atoms with Gasteiger partial charge in [-0.15, -0.1) is 11.3 Å². The van der Waals surface area contributed by atoms with Gasteiger partial charge in [0.1, 0.15) is 0 Å². The lowest BCUT2D eigenvalue weighted by molar-refractivity contribution is 0.205. The molecule has 1 atom stereocenters. The molecule has 0 radical (unpaired) electrons. The van der Waals surface area contributed by atoms with Gasteiger partial charge >= 0.3 is 0 Å². The molecule has 2 N–H and O–H groups in total. The van der Waals surface area contributed by atoms with Crippen LogP contribution in [0, 0.1) is 5.41 Å². The van der Waals surface area contributed by atoms with Crippen LogP contribution in [0.15, 0.2) is 15.9 Å². The summed E-state index contributed by atoms with van der Waals surface area (Å²) in [7, 11) is 0. The zero-order chi connectivity index (χ0) is 10.9. The summed E-state index contributed by atoms with van der Waals surface area (Å²) in [6.07, 6.45) is 2.32. The van der Waals surface area contributed by atoms with Crippen molar-refractivity contribution in [2.45, 2.75) is 25.8 Å². The zero-order valence-electron chi connectivity index (χ0n) is 8.79. The van der Waals surface area contributed by atoms with E-state index in [0.29, 0.717) is 12.6 Å². The van der Waals surface area contributed by atoms with Crippen LogP contribution in [-0.4, -0.2) is 18.3 Å². The highest BCUT2D eigenvalue weighted by Gasteiger charge is 2.41. The Bertz CT molecular complexity index is 335. The second-order valence-electron chi connectivity index (χ2n) is 4.39. The van der Waals surface area contributed by atoms with Crippen LogP contribution in [0.2, 0.25) is 0 Å². The molecule has 1 heterocycles. The van der Waals surface area contributed by atoms with Gasteiger partial charge < -0.3 is 10.4 Å². The largest absolute Gasteiger partial charge is 0.396 e. The average molecular weight is 290 g/mol. The first kappa shape index (κ1) is 11.6. The van der Waals surface area contributed by atoms with Gasteiger partial charge in [0.2, 0.25) is 0 Å². The number of aliphatic hydroxyl groups is 1. The standard InChI is InChI=1S/C11H16BrNOS/c1-8(10-9(12)2-5-15-10)13-6-11(7-14)3-4-11/h2,5,8,13-14H,3-4,6-7H2,1H3. The summed E-state index contributed by atoms with van der Waals surface area (Å²) in [5.74, 6) is 0. The Morgan fingerprint density at radius 3 is 2.87 bits per heavy atom. The van der Waals surface area contributed by atoms with Crippen LogP contribution in [-0.2, 0) is 0 Å². The zero-order valence-corrected chi connectivity index (χ0v) is 11.2. The van der Waals surface area contributed by atoms with E-state index >= 15 is 0 Å². The van der Waals surface area contributed by atoms with Gasteiger partial charge in [0.15, 0.2) is 0 Å².